The van der Waals surface area contributed by atoms with Crippen LogP contribution in [0.5, 0.6) is 0 Å². The molecular weight excluding hydrogens is 224 g/mol. The lowest BCUT2D eigenvalue weighted by Gasteiger charge is -2.29. The van der Waals surface area contributed by atoms with Crippen molar-refractivity contribution in [3.63, 3.8) is 0 Å². The highest BCUT2D eigenvalue weighted by Crippen LogP contribution is 2.18. The molecule has 0 aromatic heterocycles. The second kappa shape index (κ2) is 6.57. The zero-order valence-electron chi connectivity index (χ0n) is 10.4. The maximum atomic E-state index is 12.3. The first kappa shape index (κ1) is 13.9. The summed E-state index contributed by atoms with van der Waals surface area (Å²) in [6.07, 6.45) is 3.51. The van der Waals surface area contributed by atoms with Crippen molar-refractivity contribution in [2.45, 2.75) is 44.8 Å². The van der Waals surface area contributed by atoms with Crippen molar-refractivity contribution in [1.29, 1.82) is 0 Å². The van der Waals surface area contributed by atoms with Crippen LogP contribution in [0.3, 0.4) is 0 Å². The fraction of sp³-hybridized carbons (Fsp3) is 1.00. The van der Waals surface area contributed by atoms with Crippen molar-refractivity contribution in [2.24, 2.45) is 0 Å². The summed E-state index contributed by atoms with van der Waals surface area (Å²) in [7, 11) is -3.05. The van der Waals surface area contributed by atoms with Crippen molar-refractivity contribution in [3.8, 4) is 0 Å². The first-order chi connectivity index (χ1) is 7.62. The van der Waals surface area contributed by atoms with Gasteiger partial charge in [0.2, 0.25) is 10.0 Å². The van der Waals surface area contributed by atoms with Gasteiger partial charge in [-0.05, 0) is 32.4 Å². The molecule has 0 radical (unpaired) electrons. The smallest absolute Gasteiger partial charge is 0.217 e. The summed E-state index contributed by atoms with van der Waals surface area (Å²) in [4.78, 5) is 0. The van der Waals surface area contributed by atoms with E-state index >= 15 is 0 Å². The number of sulfonamides is 1. The van der Waals surface area contributed by atoms with Gasteiger partial charge in [-0.3, -0.25) is 0 Å². The predicted molar refractivity (Wildman–Crippen MR) is 67.0 cm³/mol. The van der Waals surface area contributed by atoms with Gasteiger partial charge in [0.15, 0.2) is 0 Å². The molecule has 1 saturated heterocycles. The Morgan fingerprint density at radius 3 is 2.38 bits per heavy atom. The third-order valence-corrected chi connectivity index (χ3v) is 5.66. The molecule has 96 valence electrons. The van der Waals surface area contributed by atoms with Gasteiger partial charge in [-0.1, -0.05) is 20.3 Å². The van der Waals surface area contributed by atoms with E-state index in [0.29, 0.717) is 13.1 Å². The molecule has 16 heavy (non-hydrogen) atoms. The molecule has 1 heterocycles. The molecule has 0 bridgehead atoms. The molecule has 0 aromatic carbocycles. The molecule has 0 aromatic rings. The molecule has 1 aliphatic heterocycles. The first-order valence-corrected chi connectivity index (χ1v) is 7.83. The topological polar surface area (TPSA) is 49.4 Å². The first-order valence-electron chi connectivity index (χ1n) is 6.32. The van der Waals surface area contributed by atoms with Gasteiger partial charge in [-0.25, -0.2) is 12.7 Å². The molecule has 4 nitrogen and oxygen atoms in total. The molecule has 1 fully saturated rings. The number of nitrogens with zero attached hydrogens (tertiary/aromatic N) is 1. The van der Waals surface area contributed by atoms with Crippen LogP contribution in [0.15, 0.2) is 0 Å². The lowest BCUT2D eigenvalue weighted by atomic mass is 10.2. The van der Waals surface area contributed by atoms with Gasteiger partial charge in [0, 0.05) is 13.1 Å². The van der Waals surface area contributed by atoms with Gasteiger partial charge in [-0.15, -0.1) is 0 Å². The number of hydrogen-bond acceptors (Lipinski definition) is 3. The van der Waals surface area contributed by atoms with Crippen LogP contribution in [0.4, 0.5) is 0 Å². The molecule has 1 N–H and O–H groups in total. The van der Waals surface area contributed by atoms with Crippen LogP contribution in [0.25, 0.3) is 0 Å². The molecule has 0 amide bonds. The van der Waals surface area contributed by atoms with Crippen LogP contribution in [0, 0.1) is 0 Å². The highest BCUT2D eigenvalue weighted by molar-refractivity contribution is 7.89. The standard InChI is InChI=1S/C11H24N2O2S/c1-3-5-10-13(4-2)16(14,15)11-6-8-12-9-7-11/h11-12H,3-10H2,1-2H3. The maximum absolute atomic E-state index is 12.3. The molecule has 5 heteroatoms. The van der Waals surface area contributed by atoms with Gasteiger partial charge in [-0.2, -0.15) is 0 Å². The molecule has 1 aliphatic rings. The third-order valence-electron chi connectivity index (χ3n) is 3.18. The van der Waals surface area contributed by atoms with E-state index in [2.05, 4.69) is 12.2 Å². The zero-order valence-corrected chi connectivity index (χ0v) is 11.2. The zero-order chi connectivity index (χ0) is 12.0. The fourth-order valence-corrected chi connectivity index (χ4v) is 4.10. The molecule has 0 spiro atoms. The van der Waals surface area contributed by atoms with Crippen molar-refractivity contribution in [3.05, 3.63) is 0 Å². The van der Waals surface area contributed by atoms with Crippen molar-refractivity contribution in [1.82, 2.24) is 9.62 Å². The average molecular weight is 248 g/mol. The van der Waals surface area contributed by atoms with Crippen LogP contribution < -0.4 is 5.32 Å². The largest absolute Gasteiger partial charge is 0.317 e. The number of unbranched alkanes of at least 4 members (excludes halogenated alkanes) is 1. The Bertz CT molecular complexity index is 284. The Kier molecular flexibility index (Phi) is 5.72. The SMILES string of the molecule is CCCCN(CC)S(=O)(=O)C1CCNCC1. The monoisotopic (exact) mass is 248 g/mol. The summed E-state index contributed by atoms with van der Waals surface area (Å²) in [5.41, 5.74) is 0. The lowest BCUT2D eigenvalue weighted by Crippen LogP contribution is -2.44. The highest BCUT2D eigenvalue weighted by atomic mass is 32.2. The minimum absolute atomic E-state index is 0.162. The lowest BCUT2D eigenvalue weighted by molar-refractivity contribution is 0.396. The molecule has 0 unspecified atom stereocenters. The second-order valence-corrected chi connectivity index (χ2v) is 6.55. The summed E-state index contributed by atoms with van der Waals surface area (Å²) < 4.78 is 26.3. The minimum Gasteiger partial charge on any atom is -0.317 e. The van der Waals surface area contributed by atoms with E-state index in [1.165, 1.54) is 0 Å². The number of hydrogen-bond donors (Lipinski definition) is 1. The van der Waals surface area contributed by atoms with Gasteiger partial charge in [0.05, 0.1) is 5.25 Å². The van der Waals surface area contributed by atoms with E-state index in [4.69, 9.17) is 0 Å². The third kappa shape index (κ3) is 3.43. The molecule has 0 saturated carbocycles. The molecular formula is C11H24N2O2S. The minimum atomic E-state index is -3.05. The van der Waals surface area contributed by atoms with Crippen molar-refractivity contribution >= 4 is 10.0 Å². The Hall–Kier alpha value is -0.130. The summed E-state index contributed by atoms with van der Waals surface area (Å²) >= 11 is 0. The quantitative estimate of drug-likeness (QED) is 0.768. The Labute approximate surface area is 99.5 Å². The average Bonchev–Trinajstić information content (AvgIpc) is 2.31. The summed E-state index contributed by atoms with van der Waals surface area (Å²) in [5.74, 6) is 0. The van der Waals surface area contributed by atoms with E-state index in [1.54, 1.807) is 4.31 Å². The Morgan fingerprint density at radius 2 is 1.88 bits per heavy atom. The Balaban J connectivity index is 2.64. The number of piperidine rings is 1. The normalized spacial score (nSPS) is 19.2. The van der Waals surface area contributed by atoms with Gasteiger partial charge < -0.3 is 5.32 Å². The molecule has 1 rings (SSSR count). The van der Waals surface area contributed by atoms with Crippen LogP contribution in [0.2, 0.25) is 0 Å². The van der Waals surface area contributed by atoms with Crippen LogP contribution in [-0.2, 0) is 10.0 Å². The maximum Gasteiger partial charge on any atom is 0.217 e. The summed E-state index contributed by atoms with van der Waals surface area (Å²) in [5, 5.41) is 3.04. The second-order valence-electron chi connectivity index (χ2n) is 4.34. The van der Waals surface area contributed by atoms with E-state index < -0.39 is 10.0 Å². The van der Waals surface area contributed by atoms with E-state index in [-0.39, 0.29) is 5.25 Å². The van der Waals surface area contributed by atoms with Crippen LogP contribution in [0.1, 0.15) is 39.5 Å². The summed E-state index contributed by atoms with van der Waals surface area (Å²) in [6, 6.07) is 0. The van der Waals surface area contributed by atoms with E-state index in [1.807, 2.05) is 6.92 Å². The van der Waals surface area contributed by atoms with E-state index in [9.17, 15) is 8.42 Å². The summed E-state index contributed by atoms with van der Waals surface area (Å²) in [6.45, 7) is 6.95. The predicted octanol–water partition coefficient (Wildman–Crippen LogP) is 1.19. The van der Waals surface area contributed by atoms with Gasteiger partial charge in [0.25, 0.3) is 0 Å². The van der Waals surface area contributed by atoms with Crippen molar-refractivity contribution in [2.75, 3.05) is 26.2 Å². The fourth-order valence-electron chi connectivity index (χ4n) is 2.10. The van der Waals surface area contributed by atoms with Gasteiger partial charge >= 0.3 is 0 Å². The molecule has 0 atom stereocenters. The van der Waals surface area contributed by atoms with E-state index in [0.717, 1.165) is 38.8 Å². The Morgan fingerprint density at radius 1 is 1.25 bits per heavy atom. The number of nitrogens with one attached hydrogen (secondary N) is 1. The molecule has 0 aliphatic carbocycles. The van der Waals surface area contributed by atoms with Crippen LogP contribution >= 0.6 is 0 Å². The van der Waals surface area contributed by atoms with Crippen molar-refractivity contribution < 1.29 is 8.42 Å². The highest BCUT2D eigenvalue weighted by Gasteiger charge is 2.31. The van der Waals surface area contributed by atoms with Gasteiger partial charge in [0.1, 0.15) is 0 Å². The van der Waals surface area contributed by atoms with Crippen LogP contribution in [-0.4, -0.2) is 44.2 Å². The number of rotatable bonds is 6.